The third-order valence-electron chi connectivity index (χ3n) is 3.85. The Kier molecular flexibility index (Phi) is 2.64. The van der Waals surface area contributed by atoms with E-state index in [1.54, 1.807) is 6.20 Å². The molecule has 1 heterocycles. The van der Waals surface area contributed by atoms with E-state index in [0.717, 1.165) is 17.9 Å². The molecule has 1 aromatic heterocycles. The summed E-state index contributed by atoms with van der Waals surface area (Å²) in [5.41, 5.74) is 12.8. The number of nitrogens with two attached hydrogens (primary N) is 1. The summed E-state index contributed by atoms with van der Waals surface area (Å²) in [5.74, 6) is 0.805. The van der Waals surface area contributed by atoms with Gasteiger partial charge in [0, 0.05) is 5.69 Å². The highest BCUT2D eigenvalue weighted by molar-refractivity contribution is 5.79. The quantitative estimate of drug-likeness (QED) is 0.581. The van der Waals surface area contributed by atoms with Crippen LogP contribution in [0.2, 0.25) is 0 Å². The van der Waals surface area contributed by atoms with Crippen LogP contribution in [0.25, 0.3) is 11.1 Å². The van der Waals surface area contributed by atoms with Gasteiger partial charge in [0.25, 0.3) is 0 Å². The number of rotatable bonds is 2. The average molecular weight is 273 g/mol. The molecule has 1 aliphatic carbocycles. The highest BCUT2D eigenvalue weighted by Gasteiger charge is 2.17. The average Bonchev–Trinajstić information content (AvgIpc) is 2.87. The van der Waals surface area contributed by atoms with Crippen molar-refractivity contribution in [2.75, 3.05) is 11.1 Å². The van der Waals surface area contributed by atoms with E-state index in [1.165, 1.54) is 22.3 Å². The van der Waals surface area contributed by atoms with E-state index in [2.05, 4.69) is 52.8 Å². The van der Waals surface area contributed by atoms with E-state index in [9.17, 15) is 0 Å². The van der Waals surface area contributed by atoms with Gasteiger partial charge in [-0.25, -0.2) is 4.98 Å². The largest absolute Gasteiger partial charge is 0.397 e. The molecule has 0 saturated heterocycles. The molecule has 0 spiro atoms. The molecule has 0 atom stereocenters. The van der Waals surface area contributed by atoms with Gasteiger partial charge in [-0.15, -0.1) is 0 Å². The lowest BCUT2D eigenvalue weighted by molar-refractivity contribution is 1.26. The van der Waals surface area contributed by atoms with Crippen LogP contribution in [-0.2, 0) is 6.42 Å². The van der Waals surface area contributed by atoms with Crippen molar-refractivity contribution < 1.29 is 0 Å². The summed E-state index contributed by atoms with van der Waals surface area (Å²) in [6, 6.07) is 18.8. The fourth-order valence-electron chi connectivity index (χ4n) is 2.85. The van der Waals surface area contributed by atoms with Crippen LogP contribution in [0.1, 0.15) is 11.1 Å². The first-order chi connectivity index (χ1) is 10.3. The molecule has 4 rings (SSSR count). The summed E-state index contributed by atoms with van der Waals surface area (Å²) < 4.78 is 0. The van der Waals surface area contributed by atoms with Crippen molar-refractivity contribution in [1.82, 2.24) is 4.98 Å². The molecule has 3 nitrogen and oxygen atoms in total. The summed E-state index contributed by atoms with van der Waals surface area (Å²) in [5, 5.41) is 3.32. The van der Waals surface area contributed by atoms with Crippen LogP contribution in [0, 0.1) is 0 Å². The fourth-order valence-corrected chi connectivity index (χ4v) is 2.85. The molecule has 0 aliphatic heterocycles. The van der Waals surface area contributed by atoms with Gasteiger partial charge in [0.15, 0.2) is 0 Å². The van der Waals surface area contributed by atoms with E-state index in [-0.39, 0.29) is 0 Å². The Labute approximate surface area is 123 Å². The Morgan fingerprint density at radius 3 is 2.62 bits per heavy atom. The molecule has 21 heavy (non-hydrogen) atoms. The standard InChI is InChI=1S/C18H15N3/c19-14-5-8-18(20-11-14)21-15-6-7-17-13(10-15)9-12-3-1-2-4-16(12)17/h1-8,10-11H,9,19H2,(H,20,21). The molecule has 0 unspecified atom stereocenters. The zero-order chi connectivity index (χ0) is 14.2. The summed E-state index contributed by atoms with van der Waals surface area (Å²) >= 11 is 0. The van der Waals surface area contributed by atoms with Crippen molar-refractivity contribution in [3.8, 4) is 11.1 Å². The van der Waals surface area contributed by atoms with Gasteiger partial charge in [0.1, 0.15) is 5.82 Å². The number of benzene rings is 2. The number of nitrogens with zero attached hydrogens (tertiary/aromatic N) is 1. The number of anilines is 3. The van der Waals surface area contributed by atoms with Gasteiger partial charge < -0.3 is 11.1 Å². The van der Waals surface area contributed by atoms with E-state index in [1.807, 2.05) is 12.1 Å². The number of nitrogens with one attached hydrogen (secondary N) is 1. The fraction of sp³-hybridized carbons (Fsp3) is 0.0556. The Bertz CT molecular complexity index is 807. The van der Waals surface area contributed by atoms with Crippen molar-refractivity contribution >= 4 is 17.2 Å². The Hall–Kier alpha value is -2.81. The van der Waals surface area contributed by atoms with Crippen LogP contribution in [0.15, 0.2) is 60.8 Å². The molecule has 0 radical (unpaired) electrons. The van der Waals surface area contributed by atoms with Crippen molar-refractivity contribution in [1.29, 1.82) is 0 Å². The molecular weight excluding hydrogens is 258 g/mol. The molecule has 3 N–H and O–H groups in total. The first-order valence-corrected chi connectivity index (χ1v) is 6.99. The van der Waals surface area contributed by atoms with Crippen molar-refractivity contribution in [3.63, 3.8) is 0 Å². The van der Waals surface area contributed by atoms with Gasteiger partial charge in [0.2, 0.25) is 0 Å². The monoisotopic (exact) mass is 273 g/mol. The molecule has 1 aliphatic rings. The summed E-state index contributed by atoms with van der Waals surface area (Å²) in [6.45, 7) is 0. The minimum Gasteiger partial charge on any atom is -0.397 e. The van der Waals surface area contributed by atoms with E-state index in [4.69, 9.17) is 5.73 Å². The predicted molar refractivity (Wildman–Crippen MR) is 86.6 cm³/mol. The number of nitrogen functional groups attached to an aromatic ring is 1. The SMILES string of the molecule is Nc1ccc(Nc2ccc3c(c2)Cc2ccccc2-3)nc1. The maximum absolute atomic E-state index is 5.65. The number of hydrogen-bond acceptors (Lipinski definition) is 3. The van der Waals surface area contributed by atoms with Crippen LogP contribution in [0.5, 0.6) is 0 Å². The Morgan fingerprint density at radius 2 is 1.76 bits per heavy atom. The molecule has 102 valence electrons. The maximum atomic E-state index is 5.65. The second-order valence-electron chi connectivity index (χ2n) is 5.31. The van der Waals surface area contributed by atoms with E-state index in [0.29, 0.717) is 5.69 Å². The molecule has 3 aromatic rings. The first-order valence-electron chi connectivity index (χ1n) is 6.99. The van der Waals surface area contributed by atoms with E-state index < -0.39 is 0 Å². The van der Waals surface area contributed by atoms with Gasteiger partial charge in [-0.2, -0.15) is 0 Å². The highest BCUT2D eigenvalue weighted by atomic mass is 15.0. The molecule has 3 heteroatoms. The number of hydrogen-bond donors (Lipinski definition) is 2. The van der Waals surface area contributed by atoms with Crippen molar-refractivity contribution in [2.24, 2.45) is 0 Å². The normalized spacial score (nSPS) is 11.8. The minimum atomic E-state index is 0.671. The van der Waals surface area contributed by atoms with Gasteiger partial charge in [0.05, 0.1) is 11.9 Å². The Balaban J connectivity index is 1.65. The van der Waals surface area contributed by atoms with Crippen molar-refractivity contribution in [2.45, 2.75) is 6.42 Å². The topological polar surface area (TPSA) is 50.9 Å². The molecule has 0 fully saturated rings. The summed E-state index contributed by atoms with van der Waals surface area (Å²) in [6.07, 6.45) is 2.65. The molecular formula is C18H15N3. The first kappa shape index (κ1) is 12.0. The zero-order valence-electron chi connectivity index (χ0n) is 11.5. The van der Waals surface area contributed by atoms with Crippen LogP contribution < -0.4 is 11.1 Å². The maximum Gasteiger partial charge on any atom is 0.130 e. The third-order valence-corrected chi connectivity index (χ3v) is 3.85. The molecule has 2 aromatic carbocycles. The highest BCUT2D eigenvalue weighted by Crippen LogP contribution is 2.37. The molecule has 0 bridgehead atoms. The smallest absolute Gasteiger partial charge is 0.130 e. The van der Waals surface area contributed by atoms with Crippen LogP contribution in [0.4, 0.5) is 17.2 Å². The second-order valence-corrected chi connectivity index (χ2v) is 5.31. The van der Waals surface area contributed by atoms with Gasteiger partial charge >= 0.3 is 0 Å². The Morgan fingerprint density at radius 1 is 0.905 bits per heavy atom. The minimum absolute atomic E-state index is 0.671. The zero-order valence-corrected chi connectivity index (χ0v) is 11.5. The lowest BCUT2D eigenvalue weighted by atomic mass is 10.1. The molecule has 0 saturated carbocycles. The summed E-state index contributed by atoms with van der Waals surface area (Å²) in [4.78, 5) is 4.27. The summed E-state index contributed by atoms with van der Waals surface area (Å²) in [7, 11) is 0. The number of aromatic nitrogens is 1. The lowest BCUT2D eigenvalue weighted by Gasteiger charge is -2.08. The van der Waals surface area contributed by atoms with Gasteiger partial charge in [-0.3, -0.25) is 0 Å². The number of fused-ring (bicyclic) bond motifs is 3. The molecule has 0 amide bonds. The van der Waals surface area contributed by atoms with Crippen LogP contribution >= 0.6 is 0 Å². The van der Waals surface area contributed by atoms with Crippen LogP contribution in [-0.4, -0.2) is 4.98 Å². The third kappa shape index (κ3) is 2.13. The van der Waals surface area contributed by atoms with Crippen LogP contribution in [0.3, 0.4) is 0 Å². The van der Waals surface area contributed by atoms with E-state index >= 15 is 0 Å². The second kappa shape index (κ2) is 4.63. The van der Waals surface area contributed by atoms with Gasteiger partial charge in [-0.05, 0) is 52.9 Å². The lowest BCUT2D eigenvalue weighted by Crippen LogP contribution is -1.95. The number of pyridine rings is 1. The van der Waals surface area contributed by atoms with Crippen molar-refractivity contribution in [3.05, 3.63) is 71.9 Å². The predicted octanol–water partition coefficient (Wildman–Crippen LogP) is 3.98. The van der Waals surface area contributed by atoms with Gasteiger partial charge in [-0.1, -0.05) is 30.3 Å².